The monoisotopic (exact) mass is 410 g/mol. The summed E-state index contributed by atoms with van der Waals surface area (Å²) in [7, 11) is 0. The number of amides is 1. The predicted molar refractivity (Wildman–Crippen MR) is 120 cm³/mol. The highest BCUT2D eigenvalue weighted by Crippen LogP contribution is 2.30. The van der Waals surface area contributed by atoms with Gasteiger partial charge in [-0.15, -0.1) is 12.4 Å². The van der Waals surface area contributed by atoms with Gasteiger partial charge in [0.25, 0.3) is 5.91 Å². The number of aryl methyl sites for hydroxylation is 2. The van der Waals surface area contributed by atoms with E-state index in [2.05, 4.69) is 41.3 Å². The third kappa shape index (κ3) is 4.51. The van der Waals surface area contributed by atoms with Crippen LogP contribution in [-0.4, -0.2) is 33.9 Å². The lowest BCUT2D eigenvalue weighted by atomic mass is 9.98. The molecule has 0 bridgehead atoms. The largest absolute Gasteiger partial charge is 0.354 e. The van der Waals surface area contributed by atoms with E-state index in [0.717, 1.165) is 48.4 Å². The number of anilines is 2. The molecule has 5 nitrogen and oxygen atoms in total. The van der Waals surface area contributed by atoms with Crippen molar-refractivity contribution in [3.05, 3.63) is 59.4 Å². The van der Waals surface area contributed by atoms with Gasteiger partial charge in [0.1, 0.15) is 0 Å². The zero-order chi connectivity index (χ0) is 19.7. The quantitative estimate of drug-likeness (QED) is 0.637. The minimum absolute atomic E-state index is 0. The summed E-state index contributed by atoms with van der Waals surface area (Å²) in [5, 5.41) is 4.33. The highest BCUT2D eigenvalue weighted by Gasteiger charge is 2.25. The molecule has 152 valence electrons. The number of halogens is 1. The van der Waals surface area contributed by atoms with Gasteiger partial charge >= 0.3 is 0 Å². The molecule has 4 rings (SSSR count). The molecule has 0 radical (unpaired) electrons. The highest BCUT2D eigenvalue weighted by molar-refractivity contribution is 6.07. The van der Waals surface area contributed by atoms with Crippen molar-refractivity contribution >= 4 is 40.7 Å². The van der Waals surface area contributed by atoms with Crippen LogP contribution in [0.3, 0.4) is 0 Å². The molecule has 1 aromatic carbocycles. The van der Waals surface area contributed by atoms with Crippen LogP contribution in [0.5, 0.6) is 0 Å². The molecule has 1 N–H and O–H groups in total. The number of carbonyl (C=O) groups is 1. The van der Waals surface area contributed by atoms with Crippen molar-refractivity contribution in [3.63, 3.8) is 0 Å². The van der Waals surface area contributed by atoms with Gasteiger partial charge in [-0.05, 0) is 56.9 Å². The minimum atomic E-state index is 0. The van der Waals surface area contributed by atoms with E-state index < -0.39 is 0 Å². The molecule has 3 aromatic rings. The van der Waals surface area contributed by atoms with Crippen molar-refractivity contribution in [1.82, 2.24) is 14.9 Å². The first-order valence-electron chi connectivity index (χ1n) is 9.90. The number of likely N-dealkylation sites (tertiary alicyclic amines) is 1. The summed E-state index contributed by atoms with van der Waals surface area (Å²) in [6.45, 7) is 7.85. The van der Waals surface area contributed by atoms with Gasteiger partial charge < -0.3 is 10.2 Å². The normalized spacial score (nSPS) is 14.5. The first-order valence-corrected chi connectivity index (χ1v) is 9.90. The summed E-state index contributed by atoms with van der Waals surface area (Å²) >= 11 is 0. The Hall–Kier alpha value is -2.66. The molecule has 3 heterocycles. The Morgan fingerprint density at radius 2 is 1.76 bits per heavy atom. The number of nitrogens with zero attached hydrogens (tertiary/aromatic N) is 3. The Labute approximate surface area is 178 Å². The van der Waals surface area contributed by atoms with Gasteiger partial charge in [-0.3, -0.25) is 4.79 Å². The summed E-state index contributed by atoms with van der Waals surface area (Å²) in [5.41, 5.74) is 5.09. The van der Waals surface area contributed by atoms with Gasteiger partial charge in [0.2, 0.25) is 0 Å². The van der Waals surface area contributed by atoms with E-state index in [4.69, 9.17) is 0 Å². The summed E-state index contributed by atoms with van der Waals surface area (Å²) in [6.07, 6.45) is 3.77. The average molecular weight is 411 g/mol. The van der Waals surface area contributed by atoms with Crippen LogP contribution in [0.25, 0.3) is 11.0 Å². The van der Waals surface area contributed by atoms with Crippen molar-refractivity contribution in [2.45, 2.75) is 33.6 Å². The lowest BCUT2D eigenvalue weighted by molar-refractivity contribution is 0.0698. The van der Waals surface area contributed by atoms with E-state index in [-0.39, 0.29) is 18.3 Å². The second-order valence-corrected chi connectivity index (χ2v) is 7.84. The van der Waals surface area contributed by atoms with E-state index >= 15 is 0 Å². The van der Waals surface area contributed by atoms with Gasteiger partial charge in [0.15, 0.2) is 5.65 Å². The first-order chi connectivity index (χ1) is 13.5. The molecular formula is C23H27ClN4O. The van der Waals surface area contributed by atoms with Crippen molar-refractivity contribution < 1.29 is 4.79 Å². The Morgan fingerprint density at radius 3 is 2.45 bits per heavy atom. The molecule has 1 amide bonds. The molecule has 29 heavy (non-hydrogen) atoms. The van der Waals surface area contributed by atoms with Gasteiger partial charge in [-0.1, -0.05) is 24.6 Å². The molecule has 1 aliphatic rings. The number of carbonyl (C=O) groups excluding carboxylic acids is 1. The Kier molecular flexibility index (Phi) is 6.38. The van der Waals surface area contributed by atoms with Crippen LogP contribution >= 0.6 is 12.4 Å². The summed E-state index contributed by atoms with van der Waals surface area (Å²) < 4.78 is 0. The van der Waals surface area contributed by atoms with Crippen LogP contribution in [0.1, 0.15) is 41.4 Å². The average Bonchev–Trinajstić information content (AvgIpc) is 2.70. The Morgan fingerprint density at radius 1 is 1.07 bits per heavy atom. The SMILES string of the molecule is Cc1ccc(Nc2c(C(=O)N3CCC(C)CC3)cnc3nc(C)ccc23)cc1.Cl. The molecule has 0 unspecified atom stereocenters. The van der Waals surface area contributed by atoms with Crippen LogP contribution in [0.4, 0.5) is 11.4 Å². The minimum Gasteiger partial charge on any atom is -0.354 e. The van der Waals surface area contributed by atoms with Gasteiger partial charge in [-0.25, -0.2) is 9.97 Å². The maximum Gasteiger partial charge on any atom is 0.257 e. The number of hydrogen-bond donors (Lipinski definition) is 1. The number of piperidine rings is 1. The molecule has 0 aliphatic carbocycles. The van der Waals surface area contributed by atoms with Crippen LogP contribution in [0.15, 0.2) is 42.6 Å². The second-order valence-electron chi connectivity index (χ2n) is 7.84. The van der Waals surface area contributed by atoms with E-state index in [1.54, 1.807) is 6.20 Å². The van der Waals surface area contributed by atoms with Crippen LogP contribution in [-0.2, 0) is 0 Å². The Balaban J connectivity index is 0.00000240. The summed E-state index contributed by atoms with van der Waals surface area (Å²) in [5.74, 6) is 0.715. The lowest BCUT2D eigenvalue weighted by Crippen LogP contribution is -2.38. The standard InChI is InChI=1S/C23H26N4O.ClH/c1-15-4-7-18(8-5-15)26-21-19-9-6-17(3)25-22(19)24-14-20(21)23(28)27-12-10-16(2)11-13-27;/h4-9,14,16H,10-13H2,1-3H3,(H,24,25,26);1H. The number of pyridine rings is 2. The molecule has 0 saturated carbocycles. The van der Waals surface area contributed by atoms with E-state index in [1.165, 1.54) is 5.56 Å². The van der Waals surface area contributed by atoms with Crippen LogP contribution in [0, 0.1) is 19.8 Å². The van der Waals surface area contributed by atoms with Crippen molar-refractivity contribution in [3.8, 4) is 0 Å². The number of benzene rings is 1. The fourth-order valence-corrected chi connectivity index (χ4v) is 3.63. The van der Waals surface area contributed by atoms with Crippen molar-refractivity contribution in [2.24, 2.45) is 5.92 Å². The predicted octanol–water partition coefficient (Wildman–Crippen LogP) is 5.28. The van der Waals surface area contributed by atoms with E-state index in [0.29, 0.717) is 17.1 Å². The van der Waals surface area contributed by atoms with Crippen molar-refractivity contribution in [1.29, 1.82) is 0 Å². The Bertz CT molecular complexity index is 1010. The van der Waals surface area contributed by atoms with Crippen molar-refractivity contribution in [2.75, 3.05) is 18.4 Å². The van der Waals surface area contributed by atoms with E-state index in [9.17, 15) is 4.79 Å². The fraction of sp³-hybridized carbons (Fsp3) is 0.348. The molecule has 0 spiro atoms. The number of aromatic nitrogens is 2. The molecule has 1 fully saturated rings. The van der Waals surface area contributed by atoms with Crippen LogP contribution in [0.2, 0.25) is 0 Å². The zero-order valence-corrected chi connectivity index (χ0v) is 17.9. The highest BCUT2D eigenvalue weighted by atomic mass is 35.5. The second kappa shape index (κ2) is 8.78. The summed E-state index contributed by atoms with van der Waals surface area (Å²) in [4.78, 5) is 24.3. The molecular weight excluding hydrogens is 384 g/mol. The number of fused-ring (bicyclic) bond motifs is 1. The van der Waals surface area contributed by atoms with Gasteiger partial charge in [0.05, 0.1) is 11.3 Å². The number of hydrogen-bond acceptors (Lipinski definition) is 4. The van der Waals surface area contributed by atoms with E-state index in [1.807, 2.05) is 36.1 Å². The number of nitrogens with one attached hydrogen (secondary N) is 1. The fourth-order valence-electron chi connectivity index (χ4n) is 3.63. The number of rotatable bonds is 3. The summed E-state index contributed by atoms with van der Waals surface area (Å²) in [6, 6.07) is 12.1. The zero-order valence-electron chi connectivity index (χ0n) is 17.1. The maximum absolute atomic E-state index is 13.3. The lowest BCUT2D eigenvalue weighted by Gasteiger charge is -2.31. The first kappa shape index (κ1) is 21.1. The third-order valence-electron chi connectivity index (χ3n) is 5.49. The molecule has 2 aromatic heterocycles. The molecule has 0 atom stereocenters. The molecule has 1 saturated heterocycles. The van der Waals surface area contributed by atoms with Gasteiger partial charge in [0, 0.05) is 36.1 Å². The smallest absolute Gasteiger partial charge is 0.257 e. The van der Waals surface area contributed by atoms with Gasteiger partial charge in [-0.2, -0.15) is 0 Å². The molecule has 6 heteroatoms. The maximum atomic E-state index is 13.3. The topological polar surface area (TPSA) is 58.1 Å². The van der Waals surface area contributed by atoms with Crippen LogP contribution < -0.4 is 5.32 Å². The molecule has 1 aliphatic heterocycles. The third-order valence-corrected chi connectivity index (χ3v) is 5.49.